The van der Waals surface area contributed by atoms with Crippen LogP contribution in [0.1, 0.15) is 44.6 Å². The van der Waals surface area contributed by atoms with Gasteiger partial charge in [-0.2, -0.15) is 9.50 Å². The van der Waals surface area contributed by atoms with Crippen LogP contribution in [0.25, 0.3) is 22.4 Å². The van der Waals surface area contributed by atoms with E-state index in [0.29, 0.717) is 33.4 Å². The van der Waals surface area contributed by atoms with E-state index >= 15 is 0 Å². The van der Waals surface area contributed by atoms with Crippen molar-refractivity contribution in [2.75, 3.05) is 13.7 Å². The van der Waals surface area contributed by atoms with Crippen LogP contribution in [0.3, 0.4) is 0 Å². The summed E-state index contributed by atoms with van der Waals surface area (Å²) in [5.74, 6) is 1.88. The minimum Gasteiger partial charge on any atom is -0.493 e. The molecule has 3 aromatic heterocycles. The average Bonchev–Trinajstić information content (AvgIpc) is 3.36. The second kappa shape index (κ2) is 10.4. The molecule has 0 aliphatic heterocycles. The summed E-state index contributed by atoms with van der Waals surface area (Å²) in [6, 6.07) is 9.33. The number of nitrogens with zero attached hydrogens (tertiary/aromatic N) is 4. The Morgan fingerprint density at radius 3 is 2.62 bits per heavy atom. The van der Waals surface area contributed by atoms with Crippen LogP contribution in [-0.2, 0) is 0 Å². The number of hydrogen-bond acceptors (Lipinski definition) is 7. The number of hydrogen-bond donors (Lipinski definition) is 0. The lowest BCUT2D eigenvalue weighted by Gasteiger charge is -2.11. The first-order chi connectivity index (χ1) is 15.7. The molecule has 4 aromatic rings. The van der Waals surface area contributed by atoms with Gasteiger partial charge in [0, 0.05) is 18.0 Å². The second-order valence-corrected chi connectivity index (χ2v) is 8.46. The molecular formula is C24H26N4O3S. The number of ether oxygens (including phenoxy) is 2. The first-order valence-electron chi connectivity index (χ1n) is 10.8. The van der Waals surface area contributed by atoms with Gasteiger partial charge in [0.05, 0.1) is 18.2 Å². The lowest BCUT2D eigenvalue weighted by molar-refractivity contribution is 0.285. The average molecular weight is 451 g/mol. The molecule has 0 saturated carbocycles. The molecule has 0 saturated heterocycles. The van der Waals surface area contributed by atoms with Crippen molar-refractivity contribution >= 4 is 22.4 Å². The Bertz CT molecular complexity index is 1280. The third kappa shape index (κ3) is 4.96. The van der Waals surface area contributed by atoms with E-state index in [-0.39, 0.29) is 5.56 Å². The van der Waals surface area contributed by atoms with Crippen molar-refractivity contribution in [2.45, 2.75) is 39.0 Å². The van der Waals surface area contributed by atoms with E-state index in [9.17, 15) is 4.79 Å². The number of aromatic nitrogens is 4. The van der Waals surface area contributed by atoms with Crippen LogP contribution in [0.4, 0.5) is 0 Å². The monoisotopic (exact) mass is 450 g/mol. The summed E-state index contributed by atoms with van der Waals surface area (Å²) in [4.78, 5) is 21.9. The Hall–Kier alpha value is -3.26. The van der Waals surface area contributed by atoms with Gasteiger partial charge in [-0.25, -0.2) is 0 Å². The van der Waals surface area contributed by atoms with Gasteiger partial charge >= 0.3 is 0 Å². The molecule has 32 heavy (non-hydrogen) atoms. The zero-order chi connectivity index (χ0) is 22.3. The number of pyridine rings is 1. The Morgan fingerprint density at radius 1 is 1.06 bits per heavy atom. The van der Waals surface area contributed by atoms with E-state index < -0.39 is 0 Å². The molecule has 0 bridgehead atoms. The topological polar surface area (TPSA) is 78.6 Å². The predicted octanol–water partition coefficient (Wildman–Crippen LogP) is 4.12. The molecule has 0 aliphatic carbocycles. The summed E-state index contributed by atoms with van der Waals surface area (Å²) in [6.45, 7) is 2.88. The molecule has 0 spiro atoms. The van der Waals surface area contributed by atoms with Crippen LogP contribution in [0.2, 0.25) is 0 Å². The standard InChI is InChI=1S/C24H26N4O3S/c1-3-4-5-6-7-14-31-19-9-8-17(15-20(19)30-2)16-21-23(29)28-24(32-21)26-22(27-28)18-10-12-25-13-11-18/h8-13,15-16H,3-7,14H2,1-2H3. The number of thiazole rings is 1. The van der Waals surface area contributed by atoms with E-state index in [1.54, 1.807) is 19.5 Å². The van der Waals surface area contributed by atoms with E-state index in [1.807, 2.05) is 36.4 Å². The molecule has 0 fully saturated rings. The summed E-state index contributed by atoms with van der Waals surface area (Å²) >= 11 is 1.31. The summed E-state index contributed by atoms with van der Waals surface area (Å²) in [5, 5.41) is 4.36. The number of benzene rings is 1. The third-order valence-corrected chi connectivity index (χ3v) is 6.07. The molecule has 4 rings (SSSR count). The minimum absolute atomic E-state index is 0.191. The highest BCUT2D eigenvalue weighted by atomic mass is 32.1. The molecule has 7 nitrogen and oxygen atoms in total. The van der Waals surface area contributed by atoms with Crippen molar-refractivity contribution < 1.29 is 9.47 Å². The smallest absolute Gasteiger partial charge is 0.291 e. The van der Waals surface area contributed by atoms with Crippen LogP contribution >= 0.6 is 11.3 Å². The molecular weight excluding hydrogens is 424 g/mol. The van der Waals surface area contributed by atoms with E-state index in [4.69, 9.17) is 9.47 Å². The van der Waals surface area contributed by atoms with Crippen LogP contribution in [-0.4, -0.2) is 33.3 Å². The van der Waals surface area contributed by atoms with Gasteiger partial charge in [0.2, 0.25) is 4.96 Å². The number of rotatable bonds is 10. The SMILES string of the molecule is CCCCCCCOc1ccc(C=c2sc3nc(-c4ccncc4)nn3c2=O)cc1OC. The second-order valence-electron chi connectivity index (χ2n) is 7.45. The van der Waals surface area contributed by atoms with Crippen molar-refractivity contribution in [1.29, 1.82) is 0 Å². The number of unbranched alkanes of at least 4 members (excludes halogenated alkanes) is 4. The molecule has 0 unspecified atom stereocenters. The highest BCUT2D eigenvalue weighted by Gasteiger charge is 2.12. The first-order valence-corrected chi connectivity index (χ1v) is 11.6. The maximum absolute atomic E-state index is 12.8. The van der Waals surface area contributed by atoms with Gasteiger partial charge in [-0.3, -0.25) is 9.78 Å². The largest absolute Gasteiger partial charge is 0.493 e. The first kappa shape index (κ1) is 22.0. The molecule has 0 aliphatic rings. The van der Waals surface area contributed by atoms with Gasteiger partial charge in [-0.15, -0.1) is 5.10 Å². The molecule has 0 radical (unpaired) electrons. The zero-order valence-corrected chi connectivity index (χ0v) is 19.1. The summed E-state index contributed by atoms with van der Waals surface area (Å²) in [7, 11) is 1.62. The lowest BCUT2D eigenvalue weighted by Crippen LogP contribution is -2.23. The van der Waals surface area contributed by atoms with Gasteiger partial charge in [0.25, 0.3) is 5.56 Å². The van der Waals surface area contributed by atoms with Gasteiger partial charge < -0.3 is 9.47 Å². The third-order valence-electron chi connectivity index (χ3n) is 5.11. The molecule has 166 valence electrons. The van der Waals surface area contributed by atoms with Crippen molar-refractivity contribution in [2.24, 2.45) is 0 Å². The molecule has 8 heteroatoms. The quantitative estimate of drug-likeness (QED) is 0.338. The Balaban J connectivity index is 1.52. The maximum atomic E-state index is 12.8. The van der Waals surface area contributed by atoms with E-state index in [1.165, 1.54) is 41.5 Å². The minimum atomic E-state index is -0.191. The van der Waals surface area contributed by atoms with Gasteiger partial charge in [0.1, 0.15) is 0 Å². The normalized spacial score (nSPS) is 11.9. The van der Waals surface area contributed by atoms with Crippen molar-refractivity contribution in [3.05, 3.63) is 63.2 Å². The predicted molar refractivity (Wildman–Crippen MR) is 126 cm³/mol. The van der Waals surface area contributed by atoms with Gasteiger partial charge in [-0.05, 0) is 42.3 Å². The van der Waals surface area contributed by atoms with Crippen LogP contribution in [0, 0.1) is 0 Å². The van der Waals surface area contributed by atoms with E-state index in [2.05, 4.69) is 22.0 Å². The summed E-state index contributed by atoms with van der Waals surface area (Å²) in [6.07, 6.45) is 11.1. The van der Waals surface area contributed by atoms with Crippen molar-refractivity contribution in [3.8, 4) is 22.9 Å². The summed E-state index contributed by atoms with van der Waals surface area (Å²) < 4.78 is 13.3. The van der Waals surface area contributed by atoms with Crippen molar-refractivity contribution in [3.63, 3.8) is 0 Å². The van der Waals surface area contributed by atoms with Crippen LogP contribution in [0.15, 0.2) is 47.5 Å². The number of methoxy groups -OCH3 is 1. The Kier molecular flexibility index (Phi) is 7.11. The molecule has 0 atom stereocenters. The molecule has 1 aromatic carbocycles. The van der Waals surface area contributed by atoms with Gasteiger partial charge in [0.15, 0.2) is 17.3 Å². The van der Waals surface area contributed by atoms with Crippen molar-refractivity contribution in [1.82, 2.24) is 19.6 Å². The zero-order valence-electron chi connectivity index (χ0n) is 18.3. The molecule has 0 amide bonds. The van der Waals surface area contributed by atoms with Crippen LogP contribution in [0.5, 0.6) is 11.5 Å². The summed E-state index contributed by atoms with van der Waals surface area (Å²) in [5.41, 5.74) is 1.49. The highest BCUT2D eigenvalue weighted by Crippen LogP contribution is 2.28. The molecule has 0 N–H and O–H groups in total. The van der Waals surface area contributed by atoms with Crippen LogP contribution < -0.4 is 19.6 Å². The fourth-order valence-electron chi connectivity index (χ4n) is 3.39. The lowest BCUT2D eigenvalue weighted by atomic mass is 10.1. The fraction of sp³-hybridized carbons (Fsp3) is 0.333. The molecule has 3 heterocycles. The number of fused-ring (bicyclic) bond motifs is 1. The van der Waals surface area contributed by atoms with Gasteiger partial charge in [-0.1, -0.05) is 50.0 Å². The highest BCUT2D eigenvalue weighted by molar-refractivity contribution is 7.15. The fourth-order valence-corrected chi connectivity index (χ4v) is 4.30. The van der Waals surface area contributed by atoms with E-state index in [0.717, 1.165) is 17.5 Å². The maximum Gasteiger partial charge on any atom is 0.291 e. The Morgan fingerprint density at radius 2 is 1.88 bits per heavy atom. The Labute approximate surface area is 190 Å².